The van der Waals surface area contributed by atoms with Gasteiger partial charge in [-0.3, -0.25) is 4.57 Å². The predicted molar refractivity (Wildman–Crippen MR) is 74.0 cm³/mol. The minimum Gasteiger partial charge on any atom is -0.461 e. The van der Waals surface area contributed by atoms with Gasteiger partial charge in [-0.25, -0.2) is 9.78 Å². The summed E-state index contributed by atoms with van der Waals surface area (Å²) in [4.78, 5) is 16.4. The maximum absolute atomic E-state index is 12.0. The molecule has 19 heavy (non-hydrogen) atoms. The van der Waals surface area contributed by atoms with Crippen molar-refractivity contribution in [3.05, 3.63) is 46.5 Å². The van der Waals surface area contributed by atoms with Crippen LogP contribution in [0.3, 0.4) is 0 Å². The second-order valence-electron chi connectivity index (χ2n) is 4.13. The lowest BCUT2D eigenvalue weighted by atomic mass is 10.3. The molecule has 4 nitrogen and oxygen atoms in total. The van der Waals surface area contributed by atoms with Gasteiger partial charge in [0.25, 0.3) is 0 Å². The van der Waals surface area contributed by atoms with Crippen molar-refractivity contribution in [1.29, 1.82) is 0 Å². The highest BCUT2D eigenvalue weighted by Crippen LogP contribution is 2.21. The number of rotatable bonds is 3. The summed E-state index contributed by atoms with van der Waals surface area (Å²) in [6.45, 7) is 5.75. The highest BCUT2D eigenvalue weighted by atomic mass is 35.5. The summed E-state index contributed by atoms with van der Waals surface area (Å²) in [6, 6.07) is 7.29. The molecule has 100 valence electrons. The number of aryl methyl sites for hydroxylation is 2. The third kappa shape index (κ3) is 2.63. The number of benzene rings is 1. The lowest BCUT2D eigenvalue weighted by Crippen LogP contribution is -2.13. The third-order valence-corrected chi connectivity index (χ3v) is 2.99. The Labute approximate surface area is 117 Å². The van der Waals surface area contributed by atoms with Crippen LogP contribution >= 0.6 is 11.6 Å². The monoisotopic (exact) mass is 278 g/mol. The Balaban J connectivity index is 2.59. The first kappa shape index (κ1) is 13.6. The first-order valence-corrected chi connectivity index (χ1v) is 6.41. The largest absolute Gasteiger partial charge is 0.461 e. The molecule has 0 fully saturated rings. The zero-order valence-corrected chi connectivity index (χ0v) is 11.9. The van der Waals surface area contributed by atoms with Crippen molar-refractivity contribution in [3.63, 3.8) is 0 Å². The summed E-state index contributed by atoms with van der Waals surface area (Å²) in [5.41, 5.74) is 1.89. The predicted octanol–water partition coefficient (Wildman–Crippen LogP) is 3.32. The van der Waals surface area contributed by atoms with E-state index >= 15 is 0 Å². The van der Waals surface area contributed by atoms with Crippen LogP contribution in [0.2, 0.25) is 5.02 Å². The molecular formula is C14H15ClN2O2. The van der Waals surface area contributed by atoms with Crippen LogP contribution in [0.25, 0.3) is 5.69 Å². The molecule has 2 rings (SSSR count). The average molecular weight is 279 g/mol. The fourth-order valence-corrected chi connectivity index (χ4v) is 2.22. The van der Waals surface area contributed by atoms with E-state index in [0.717, 1.165) is 11.5 Å². The van der Waals surface area contributed by atoms with Crippen molar-refractivity contribution in [3.8, 4) is 5.69 Å². The minimum atomic E-state index is -0.374. The average Bonchev–Trinajstić information content (AvgIpc) is 2.64. The molecule has 0 saturated carbocycles. The second-order valence-corrected chi connectivity index (χ2v) is 4.57. The molecular weight excluding hydrogens is 264 g/mol. The van der Waals surface area contributed by atoms with Gasteiger partial charge < -0.3 is 4.74 Å². The molecule has 2 aromatic rings. The van der Waals surface area contributed by atoms with Crippen LogP contribution in [-0.4, -0.2) is 22.1 Å². The molecule has 1 aromatic heterocycles. The van der Waals surface area contributed by atoms with Crippen LogP contribution in [0.1, 0.15) is 28.9 Å². The highest BCUT2D eigenvalue weighted by Gasteiger charge is 2.21. The van der Waals surface area contributed by atoms with E-state index in [-0.39, 0.29) is 5.97 Å². The number of carbonyl (C=O) groups excluding carboxylic acids is 1. The van der Waals surface area contributed by atoms with Gasteiger partial charge >= 0.3 is 5.97 Å². The van der Waals surface area contributed by atoms with E-state index < -0.39 is 0 Å². The molecule has 0 saturated heterocycles. The van der Waals surface area contributed by atoms with Gasteiger partial charge in [-0.1, -0.05) is 17.7 Å². The fraction of sp³-hybridized carbons (Fsp3) is 0.286. The van der Waals surface area contributed by atoms with Crippen LogP contribution < -0.4 is 0 Å². The van der Waals surface area contributed by atoms with E-state index in [0.29, 0.717) is 23.0 Å². The van der Waals surface area contributed by atoms with E-state index in [1.54, 1.807) is 30.5 Å². The quantitative estimate of drug-likeness (QED) is 0.809. The number of aromatic nitrogens is 2. The number of imidazole rings is 1. The third-order valence-electron chi connectivity index (χ3n) is 2.75. The van der Waals surface area contributed by atoms with Crippen molar-refractivity contribution in [2.75, 3.05) is 6.61 Å². The zero-order valence-electron chi connectivity index (χ0n) is 11.1. The summed E-state index contributed by atoms with van der Waals surface area (Å²) >= 11 is 6.00. The normalized spacial score (nSPS) is 10.5. The Hall–Kier alpha value is -1.81. The molecule has 1 heterocycles. The molecule has 0 spiro atoms. The van der Waals surface area contributed by atoms with Gasteiger partial charge in [-0.05, 0) is 39.0 Å². The van der Waals surface area contributed by atoms with Gasteiger partial charge in [0, 0.05) is 10.7 Å². The van der Waals surface area contributed by atoms with Gasteiger partial charge in [0.2, 0.25) is 0 Å². The van der Waals surface area contributed by atoms with Gasteiger partial charge in [-0.15, -0.1) is 0 Å². The SMILES string of the molecule is CCOC(=O)c1c(C)nc(C)n1-c1cccc(Cl)c1. The maximum Gasteiger partial charge on any atom is 0.357 e. The molecule has 0 aliphatic heterocycles. The highest BCUT2D eigenvalue weighted by molar-refractivity contribution is 6.30. The molecule has 0 radical (unpaired) electrons. The van der Waals surface area contributed by atoms with Crippen LogP contribution in [-0.2, 0) is 4.74 Å². The minimum absolute atomic E-state index is 0.331. The Kier molecular flexibility index (Phi) is 3.90. The van der Waals surface area contributed by atoms with Gasteiger partial charge in [0.15, 0.2) is 5.69 Å². The van der Waals surface area contributed by atoms with Crippen LogP contribution in [0.5, 0.6) is 0 Å². The second kappa shape index (κ2) is 5.45. The maximum atomic E-state index is 12.0. The van der Waals surface area contributed by atoms with Gasteiger partial charge in [0.1, 0.15) is 5.82 Å². The first-order valence-electron chi connectivity index (χ1n) is 6.03. The zero-order chi connectivity index (χ0) is 14.0. The van der Waals surface area contributed by atoms with Crippen molar-refractivity contribution in [2.45, 2.75) is 20.8 Å². The number of hydrogen-bond donors (Lipinski definition) is 0. The van der Waals surface area contributed by atoms with E-state index in [1.807, 2.05) is 19.1 Å². The molecule has 0 atom stereocenters. The van der Waals surface area contributed by atoms with Crippen molar-refractivity contribution in [2.24, 2.45) is 0 Å². The summed E-state index contributed by atoms with van der Waals surface area (Å²) in [5, 5.41) is 0.609. The van der Waals surface area contributed by atoms with E-state index in [9.17, 15) is 4.79 Å². The number of carbonyl (C=O) groups is 1. The van der Waals surface area contributed by atoms with Crippen molar-refractivity contribution >= 4 is 17.6 Å². The van der Waals surface area contributed by atoms with Crippen molar-refractivity contribution in [1.82, 2.24) is 9.55 Å². The van der Waals surface area contributed by atoms with E-state index in [1.165, 1.54) is 0 Å². The van der Waals surface area contributed by atoms with Crippen LogP contribution in [0.15, 0.2) is 24.3 Å². The van der Waals surface area contributed by atoms with Crippen LogP contribution in [0.4, 0.5) is 0 Å². The summed E-state index contributed by atoms with van der Waals surface area (Å²) < 4.78 is 6.84. The van der Waals surface area contributed by atoms with Gasteiger partial charge in [0.05, 0.1) is 12.3 Å². The summed E-state index contributed by atoms with van der Waals surface area (Å²) in [6.07, 6.45) is 0. The first-order chi connectivity index (χ1) is 9.04. The Bertz CT molecular complexity index is 620. The number of hydrogen-bond acceptors (Lipinski definition) is 3. The number of esters is 1. The summed E-state index contributed by atoms with van der Waals surface area (Å²) in [5.74, 6) is 0.350. The van der Waals surface area contributed by atoms with E-state index in [2.05, 4.69) is 4.98 Å². The molecule has 0 aliphatic carbocycles. The number of ether oxygens (including phenoxy) is 1. The molecule has 0 unspecified atom stereocenters. The number of halogens is 1. The Morgan fingerprint density at radius 2 is 2.16 bits per heavy atom. The standard InChI is InChI=1S/C14H15ClN2O2/c1-4-19-14(18)13-9(2)16-10(3)17(13)12-7-5-6-11(15)8-12/h5-8H,4H2,1-3H3. The van der Waals surface area contributed by atoms with Crippen LogP contribution in [0, 0.1) is 13.8 Å². The fourth-order valence-electron chi connectivity index (χ4n) is 2.04. The molecule has 5 heteroatoms. The van der Waals surface area contributed by atoms with Gasteiger partial charge in [-0.2, -0.15) is 0 Å². The smallest absolute Gasteiger partial charge is 0.357 e. The topological polar surface area (TPSA) is 44.1 Å². The van der Waals surface area contributed by atoms with E-state index in [4.69, 9.17) is 16.3 Å². The molecule has 0 aliphatic rings. The van der Waals surface area contributed by atoms with Crippen molar-refractivity contribution < 1.29 is 9.53 Å². The molecule has 0 amide bonds. The lowest BCUT2D eigenvalue weighted by Gasteiger charge is -2.10. The molecule has 1 aromatic carbocycles. The number of nitrogens with zero attached hydrogens (tertiary/aromatic N) is 2. The molecule has 0 N–H and O–H groups in total. The Morgan fingerprint density at radius 1 is 1.42 bits per heavy atom. The molecule has 0 bridgehead atoms. The lowest BCUT2D eigenvalue weighted by molar-refractivity contribution is 0.0516. The summed E-state index contributed by atoms with van der Waals surface area (Å²) in [7, 11) is 0. The Morgan fingerprint density at radius 3 is 2.79 bits per heavy atom.